The minimum Gasteiger partial charge on any atom is -0.469 e. The number of carbonyl (C=O) groups excluding carboxylic acids is 1. The molecule has 0 heterocycles. The van der Waals surface area contributed by atoms with Crippen molar-refractivity contribution in [3.05, 3.63) is 22.4 Å². The van der Waals surface area contributed by atoms with Gasteiger partial charge < -0.3 is 4.74 Å². The van der Waals surface area contributed by atoms with E-state index in [9.17, 15) is 14.9 Å². The van der Waals surface area contributed by atoms with Crippen LogP contribution in [0.1, 0.15) is 19.8 Å². The summed E-state index contributed by atoms with van der Waals surface area (Å²) in [6, 6.07) is 0. The Labute approximate surface area is 76.5 Å². The number of rotatable bonds is 5. The lowest BCUT2D eigenvalue weighted by Gasteiger charge is -2.05. The highest BCUT2D eigenvalue weighted by Crippen LogP contribution is 2.07. The van der Waals surface area contributed by atoms with Gasteiger partial charge in [-0.15, -0.1) is 0 Å². The summed E-state index contributed by atoms with van der Waals surface area (Å²) < 4.78 is 4.49. The van der Waals surface area contributed by atoms with Crippen molar-refractivity contribution >= 4 is 5.97 Å². The van der Waals surface area contributed by atoms with Gasteiger partial charge in [-0.2, -0.15) is 0 Å². The van der Waals surface area contributed by atoms with Crippen molar-refractivity contribution in [2.24, 2.45) is 5.92 Å². The Morgan fingerprint density at radius 2 is 2.31 bits per heavy atom. The maximum atomic E-state index is 10.9. The number of ether oxygens (including phenoxy) is 1. The summed E-state index contributed by atoms with van der Waals surface area (Å²) in [5.41, 5.74) is 0. The molecular weight excluding hydrogens is 174 g/mol. The summed E-state index contributed by atoms with van der Waals surface area (Å²) in [7, 11) is 1.33. The number of allylic oxidation sites excluding steroid dienone is 1. The van der Waals surface area contributed by atoms with Crippen molar-refractivity contribution < 1.29 is 14.5 Å². The van der Waals surface area contributed by atoms with E-state index < -0.39 is 4.92 Å². The third-order valence-corrected chi connectivity index (χ3v) is 1.60. The molecule has 0 spiro atoms. The van der Waals surface area contributed by atoms with E-state index in [2.05, 4.69) is 4.74 Å². The Hall–Kier alpha value is -1.39. The fraction of sp³-hybridized carbons (Fsp3) is 0.625. The molecule has 0 aliphatic rings. The molecule has 0 radical (unpaired) electrons. The lowest BCUT2D eigenvalue weighted by atomic mass is 10.1. The lowest BCUT2D eigenvalue weighted by molar-refractivity contribution is -0.402. The van der Waals surface area contributed by atoms with Crippen LogP contribution in [0.15, 0.2) is 12.3 Å². The third-order valence-electron chi connectivity index (χ3n) is 1.60. The second kappa shape index (κ2) is 6.16. The highest BCUT2D eigenvalue weighted by Gasteiger charge is 2.11. The van der Waals surface area contributed by atoms with Gasteiger partial charge in [0.1, 0.15) is 0 Å². The molecule has 5 heteroatoms. The Bertz CT molecular complexity index is 212. The highest BCUT2D eigenvalue weighted by atomic mass is 16.6. The zero-order valence-corrected chi connectivity index (χ0v) is 7.73. The largest absolute Gasteiger partial charge is 0.469 e. The molecule has 0 N–H and O–H groups in total. The van der Waals surface area contributed by atoms with Crippen molar-refractivity contribution in [1.82, 2.24) is 0 Å². The Balaban J connectivity index is 3.64. The van der Waals surface area contributed by atoms with Crippen LogP contribution < -0.4 is 0 Å². The number of nitrogens with zero attached hydrogens (tertiary/aromatic N) is 1. The van der Waals surface area contributed by atoms with Gasteiger partial charge in [0.25, 0.3) is 0 Å². The molecule has 0 bridgehead atoms. The van der Waals surface area contributed by atoms with E-state index in [1.807, 2.05) is 0 Å². The van der Waals surface area contributed by atoms with Crippen molar-refractivity contribution in [1.29, 1.82) is 0 Å². The van der Waals surface area contributed by atoms with E-state index in [4.69, 9.17) is 0 Å². The minimum atomic E-state index is -0.525. The smallest absolute Gasteiger partial charge is 0.308 e. The van der Waals surface area contributed by atoms with Crippen LogP contribution in [0.5, 0.6) is 0 Å². The minimum absolute atomic E-state index is 0.207. The van der Waals surface area contributed by atoms with Crippen molar-refractivity contribution in [3.63, 3.8) is 0 Å². The molecule has 0 aromatic heterocycles. The first-order chi connectivity index (χ1) is 6.07. The lowest BCUT2D eigenvalue weighted by Crippen LogP contribution is -2.11. The Morgan fingerprint density at radius 1 is 1.69 bits per heavy atom. The molecular formula is C8H13NO4. The van der Waals surface area contributed by atoms with E-state index >= 15 is 0 Å². The molecule has 1 atom stereocenters. The van der Waals surface area contributed by atoms with Crippen molar-refractivity contribution in [3.8, 4) is 0 Å². The van der Waals surface area contributed by atoms with Crippen LogP contribution in [0.25, 0.3) is 0 Å². The van der Waals surface area contributed by atoms with Crippen LogP contribution >= 0.6 is 0 Å². The molecule has 0 fully saturated rings. The normalized spacial score (nSPS) is 12.8. The molecule has 5 nitrogen and oxygen atoms in total. The summed E-state index contributed by atoms with van der Waals surface area (Å²) in [6.45, 7) is 1.73. The average Bonchev–Trinajstić information content (AvgIpc) is 2.10. The molecule has 74 valence electrons. The van der Waals surface area contributed by atoms with Gasteiger partial charge in [-0.25, -0.2) is 0 Å². The fourth-order valence-corrected chi connectivity index (χ4v) is 0.826. The molecule has 0 unspecified atom stereocenters. The zero-order chi connectivity index (χ0) is 10.3. The topological polar surface area (TPSA) is 69.4 Å². The zero-order valence-electron chi connectivity index (χ0n) is 7.73. The molecule has 0 aliphatic heterocycles. The molecule has 0 amide bonds. The summed E-state index contributed by atoms with van der Waals surface area (Å²) >= 11 is 0. The van der Waals surface area contributed by atoms with Crippen LogP contribution in [0.4, 0.5) is 0 Å². The van der Waals surface area contributed by atoms with E-state index in [1.54, 1.807) is 6.92 Å². The first kappa shape index (κ1) is 11.6. The Morgan fingerprint density at radius 3 is 2.77 bits per heavy atom. The van der Waals surface area contributed by atoms with E-state index in [1.165, 1.54) is 13.2 Å². The molecule has 0 rings (SSSR count). The van der Waals surface area contributed by atoms with Gasteiger partial charge >= 0.3 is 5.97 Å². The van der Waals surface area contributed by atoms with E-state index in [0.717, 1.165) is 6.20 Å². The van der Waals surface area contributed by atoms with Gasteiger partial charge in [-0.1, -0.05) is 6.92 Å². The van der Waals surface area contributed by atoms with Gasteiger partial charge in [0.15, 0.2) is 0 Å². The van der Waals surface area contributed by atoms with Crippen LogP contribution in [0, 0.1) is 16.0 Å². The first-order valence-corrected chi connectivity index (χ1v) is 3.96. The maximum Gasteiger partial charge on any atom is 0.308 e. The van der Waals surface area contributed by atoms with Gasteiger partial charge in [-0.05, 0) is 18.9 Å². The quantitative estimate of drug-likeness (QED) is 0.370. The first-order valence-electron chi connectivity index (χ1n) is 3.96. The summed E-state index contributed by atoms with van der Waals surface area (Å²) in [5, 5.41) is 9.86. The number of nitro groups is 1. The molecule has 0 saturated carbocycles. The van der Waals surface area contributed by atoms with Crippen molar-refractivity contribution in [2.45, 2.75) is 19.8 Å². The van der Waals surface area contributed by atoms with E-state index in [0.29, 0.717) is 12.8 Å². The predicted octanol–water partition coefficient (Wildman–Crippen LogP) is 1.37. The standard InChI is InChI=1S/C8H13NO4/c1-7(8(10)13-2)5-3-4-6-9(11)12/h4,6-7H,3,5H2,1-2H3/t7-/m0/s1. The third kappa shape index (κ3) is 5.84. The summed E-state index contributed by atoms with van der Waals surface area (Å²) in [6.07, 6.45) is 3.39. The number of methoxy groups -OCH3 is 1. The molecule has 13 heavy (non-hydrogen) atoms. The second-order valence-corrected chi connectivity index (χ2v) is 2.67. The SMILES string of the molecule is COC(=O)[C@@H](C)CCC=C[N+](=O)[O-]. The number of esters is 1. The van der Waals surface area contributed by atoms with Crippen LogP contribution in [-0.4, -0.2) is 18.0 Å². The van der Waals surface area contributed by atoms with Gasteiger partial charge in [0.05, 0.1) is 18.0 Å². The fourth-order valence-electron chi connectivity index (χ4n) is 0.826. The van der Waals surface area contributed by atoms with Gasteiger partial charge in [0.2, 0.25) is 6.20 Å². The van der Waals surface area contributed by atoms with Crippen LogP contribution in [0.3, 0.4) is 0 Å². The number of hydrogen-bond acceptors (Lipinski definition) is 4. The Kier molecular flexibility index (Phi) is 5.50. The van der Waals surface area contributed by atoms with E-state index in [-0.39, 0.29) is 11.9 Å². The monoisotopic (exact) mass is 187 g/mol. The highest BCUT2D eigenvalue weighted by molar-refractivity contribution is 5.71. The van der Waals surface area contributed by atoms with Gasteiger partial charge in [-0.3, -0.25) is 14.9 Å². The second-order valence-electron chi connectivity index (χ2n) is 2.67. The predicted molar refractivity (Wildman–Crippen MR) is 46.5 cm³/mol. The van der Waals surface area contributed by atoms with Gasteiger partial charge in [0, 0.05) is 0 Å². The number of carbonyl (C=O) groups is 1. The molecule has 0 aromatic carbocycles. The molecule has 0 aliphatic carbocycles. The summed E-state index contributed by atoms with van der Waals surface area (Å²) in [5.74, 6) is -0.490. The molecule has 0 aromatic rings. The molecule has 0 saturated heterocycles. The van der Waals surface area contributed by atoms with Crippen LogP contribution in [-0.2, 0) is 9.53 Å². The van der Waals surface area contributed by atoms with Crippen LogP contribution in [0.2, 0.25) is 0 Å². The average molecular weight is 187 g/mol. The number of hydrogen-bond donors (Lipinski definition) is 0. The maximum absolute atomic E-state index is 10.9. The summed E-state index contributed by atoms with van der Waals surface area (Å²) in [4.78, 5) is 20.2. The van der Waals surface area contributed by atoms with Crippen molar-refractivity contribution in [2.75, 3.05) is 7.11 Å².